The van der Waals surface area contributed by atoms with Crippen molar-refractivity contribution < 1.29 is 18.0 Å². The number of nitrogens with zero attached hydrogens (tertiary/aromatic N) is 4. The molecule has 0 aliphatic rings. The number of aryl methyl sites for hydroxylation is 1. The van der Waals surface area contributed by atoms with Crippen LogP contribution in [0.5, 0.6) is 0 Å². The number of aromatic nitrogens is 4. The zero-order valence-corrected chi connectivity index (χ0v) is 17.9. The maximum absolute atomic E-state index is 13.5. The molecule has 0 bridgehead atoms. The molecule has 2 aromatic heterocycles. The van der Waals surface area contributed by atoms with Gasteiger partial charge in [0.05, 0.1) is 0 Å². The quantitative estimate of drug-likeness (QED) is 0.402. The Balaban J connectivity index is 1.59. The Kier molecular flexibility index (Phi) is 5.88. The third kappa shape index (κ3) is 4.59. The van der Waals surface area contributed by atoms with Crippen LogP contribution in [0.1, 0.15) is 33.9 Å². The van der Waals surface area contributed by atoms with Crippen molar-refractivity contribution in [1.29, 1.82) is 0 Å². The van der Waals surface area contributed by atoms with Gasteiger partial charge in [0.2, 0.25) is 0 Å². The SMILES string of the molecule is C[C@H](Sc1nncn1C)c1cccc(NC(=O)c2cc3ccccc3c(C(F)(F)F)n2)c1. The molecule has 0 aliphatic carbocycles. The minimum Gasteiger partial charge on any atom is -0.321 e. The number of amides is 1. The number of alkyl halides is 3. The highest BCUT2D eigenvalue weighted by atomic mass is 32.2. The van der Waals surface area contributed by atoms with E-state index in [-0.39, 0.29) is 16.3 Å². The molecule has 0 unspecified atom stereocenters. The molecule has 0 saturated heterocycles. The Labute approximate surface area is 185 Å². The summed E-state index contributed by atoms with van der Waals surface area (Å²) < 4.78 is 42.3. The van der Waals surface area contributed by atoms with E-state index in [4.69, 9.17) is 0 Å². The fourth-order valence-electron chi connectivity index (χ4n) is 3.20. The van der Waals surface area contributed by atoms with E-state index in [1.54, 1.807) is 35.2 Å². The maximum atomic E-state index is 13.5. The van der Waals surface area contributed by atoms with E-state index in [0.29, 0.717) is 11.1 Å². The Bertz CT molecular complexity index is 1290. The van der Waals surface area contributed by atoms with E-state index in [9.17, 15) is 18.0 Å². The van der Waals surface area contributed by atoms with Crippen molar-refractivity contribution in [3.05, 3.63) is 77.9 Å². The number of anilines is 1. The molecule has 0 saturated carbocycles. The number of benzene rings is 2. The van der Waals surface area contributed by atoms with Crippen molar-refractivity contribution in [3.8, 4) is 0 Å². The Hall–Kier alpha value is -3.40. The van der Waals surface area contributed by atoms with Crippen LogP contribution in [0.2, 0.25) is 0 Å². The topological polar surface area (TPSA) is 72.7 Å². The van der Waals surface area contributed by atoms with Gasteiger partial charge >= 0.3 is 6.18 Å². The van der Waals surface area contributed by atoms with Crippen LogP contribution in [0.4, 0.5) is 18.9 Å². The molecule has 10 heteroatoms. The van der Waals surface area contributed by atoms with Crippen molar-refractivity contribution in [2.75, 3.05) is 5.32 Å². The molecule has 6 nitrogen and oxygen atoms in total. The summed E-state index contributed by atoms with van der Waals surface area (Å²) in [6.45, 7) is 1.99. The number of pyridine rings is 1. The number of carbonyl (C=O) groups is 1. The predicted octanol–water partition coefficient (Wildman–Crippen LogP) is 5.49. The number of carbonyl (C=O) groups excluding carboxylic acids is 1. The first-order valence-electron chi connectivity index (χ1n) is 9.61. The largest absolute Gasteiger partial charge is 0.433 e. The number of hydrogen-bond acceptors (Lipinski definition) is 5. The zero-order chi connectivity index (χ0) is 22.9. The van der Waals surface area contributed by atoms with Gasteiger partial charge in [0.15, 0.2) is 10.9 Å². The number of rotatable bonds is 5. The standard InChI is InChI=1S/C22H18F3N5OS/c1-13(32-21-29-26-12-30(21)2)14-7-5-8-16(10-14)27-20(31)18-11-15-6-3-4-9-17(15)19(28-18)22(23,24)25/h3-13H,1-2H3,(H,27,31)/t13-/m0/s1. The van der Waals surface area contributed by atoms with Crippen molar-refractivity contribution in [2.45, 2.75) is 23.5 Å². The lowest BCUT2D eigenvalue weighted by molar-refractivity contribution is -0.139. The number of nitrogens with one attached hydrogen (secondary N) is 1. The minimum absolute atomic E-state index is 0.00498. The molecular formula is C22H18F3N5OS. The lowest BCUT2D eigenvalue weighted by Crippen LogP contribution is -2.17. The van der Waals surface area contributed by atoms with Gasteiger partial charge in [-0.3, -0.25) is 4.79 Å². The van der Waals surface area contributed by atoms with Crippen LogP contribution in [-0.2, 0) is 13.2 Å². The van der Waals surface area contributed by atoms with Crippen molar-refractivity contribution in [1.82, 2.24) is 19.7 Å². The van der Waals surface area contributed by atoms with E-state index >= 15 is 0 Å². The number of hydrogen-bond donors (Lipinski definition) is 1. The van der Waals surface area contributed by atoms with Crippen LogP contribution in [0.3, 0.4) is 0 Å². The predicted molar refractivity (Wildman–Crippen MR) is 116 cm³/mol. The second-order valence-corrected chi connectivity index (χ2v) is 8.45. The molecule has 4 aromatic rings. The Morgan fingerprint density at radius 2 is 1.91 bits per heavy atom. The van der Waals surface area contributed by atoms with Gasteiger partial charge < -0.3 is 9.88 Å². The number of fused-ring (bicyclic) bond motifs is 1. The third-order valence-corrected chi connectivity index (χ3v) is 6.01. The average Bonchev–Trinajstić information content (AvgIpc) is 3.16. The summed E-state index contributed by atoms with van der Waals surface area (Å²) in [5, 5.41) is 11.6. The lowest BCUT2D eigenvalue weighted by atomic mass is 10.1. The molecule has 1 N–H and O–H groups in total. The van der Waals surface area contributed by atoms with Gasteiger partial charge in [0.1, 0.15) is 12.0 Å². The molecule has 0 spiro atoms. The second-order valence-electron chi connectivity index (χ2n) is 7.14. The first-order valence-corrected chi connectivity index (χ1v) is 10.5. The molecule has 0 radical (unpaired) electrons. The fraction of sp³-hybridized carbons (Fsp3) is 0.182. The van der Waals surface area contributed by atoms with Crippen LogP contribution in [-0.4, -0.2) is 25.7 Å². The van der Waals surface area contributed by atoms with Crippen molar-refractivity contribution in [3.63, 3.8) is 0 Å². The van der Waals surface area contributed by atoms with Crippen molar-refractivity contribution >= 4 is 34.1 Å². The van der Waals surface area contributed by atoms with E-state index in [2.05, 4.69) is 20.5 Å². The van der Waals surface area contributed by atoms with Gasteiger partial charge in [-0.25, -0.2) is 4.98 Å². The van der Waals surface area contributed by atoms with Crippen molar-refractivity contribution in [2.24, 2.45) is 7.05 Å². The molecule has 0 fully saturated rings. The molecule has 0 aliphatic heterocycles. The first-order chi connectivity index (χ1) is 15.2. The highest BCUT2D eigenvalue weighted by Crippen LogP contribution is 2.35. The van der Waals surface area contributed by atoms with Gasteiger partial charge in [-0.05, 0) is 36.1 Å². The van der Waals surface area contributed by atoms with Crippen LogP contribution in [0, 0.1) is 0 Å². The van der Waals surface area contributed by atoms with Gasteiger partial charge in [0, 0.05) is 23.4 Å². The summed E-state index contributed by atoms with van der Waals surface area (Å²) in [5.74, 6) is -0.716. The first kappa shape index (κ1) is 21.8. The number of thioether (sulfide) groups is 1. The van der Waals surface area contributed by atoms with Gasteiger partial charge in [-0.2, -0.15) is 13.2 Å². The van der Waals surface area contributed by atoms with E-state index in [0.717, 1.165) is 10.7 Å². The normalized spacial score (nSPS) is 12.7. The molecule has 164 valence electrons. The van der Waals surface area contributed by atoms with E-state index in [1.807, 2.05) is 20.0 Å². The lowest BCUT2D eigenvalue weighted by Gasteiger charge is -2.14. The summed E-state index contributed by atoms with van der Waals surface area (Å²) in [7, 11) is 1.84. The van der Waals surface area contributed by atoms with Crippen LogP contribution >= 0.6 is 11.8 Å². The summed E-state index contributed by atoms with van der Waals surface area (Å²) >= 11 is 1.50. The maximum Gasteiger partial charge on any atom is 0.433 e. The van der Waals surface area contributed by atoms with E-state index in [1.165, 1.54) is 36.0 Å². The minimum atomic E-state index is -4.68. The van der Waals surface area contributed by atoms with Gasteiger partial charge in [0.25, 0.3) is 5.91 Å². The smallest absolute Gasteiger partial charge is 0.321 e. The highest BCUT2D eigenvalue weighted by Gasteiger charge is 2.35. The molecule has 4 rings (SSSR count). The summed E-state index contributed by atoms with van der Waals surface area (Å²) in [4.78, 5) is 16.4. The zero-order valence-electron chi connectivity index (χ0n) is 17.1. The average molecular weight is 457 g/mol. The molecular weight excluding hydrogens is 439 g/mol. The van der Waals surface area contributed by atoms with E-state index < -0.39 is 17.8 Å². The van der Waals surface area contributed by atoms with Crippen LogP contribution in [0.15, 0.2) is 66.1 Å². The van der Waals surface area contributed by atoms with Crippen LogP contribution < -0.4 is 5.32 Å². The van der Waals surface area contributed by atoms with Gasteiger partial charge in [-0.15, -0.1) is 10.2 Å². The summed E-state index contributed by atoms with van der Waals surface area (Å²) in [5.41, 5.74) is -0.00850. The molecule has 2 heterocycles. The molecule has 2 aromatic carbocycles. The number of halogens is 3. The fourth-order valence-corrected chi connectivity index (χ4v) is 4.11. The monoisotopic (exact) mass is 457 g/mol. The summed E-state index contributed by atoms with van der Waals surface area (Å²) in [6, 6.07) is 14.5. The molecule has 32 heavy (non-hydrogen) atoms. The van der Waals surface area contributed by atoms with Gasteiger partial charge in [-0.1, -0.05) is 48.2 Å². The molecule has 1 amide bonds. The summed E-state index contributed by atoms with van der Waals surface area (Å²) in [6.07, 6.45) is -3.07. The molecule has 1 atom stereocenters. The Morgan fingerprint density at radius 1 is 1.12 bits per heavy atom. The van der Waals surface area contributed by atoms with Crippen LogP contribution in [0.25, 0.3) is 10.8 Å². The third-order valence-electron chi connectivity index (χ3n) is 4.81. The Morgan fingerprint density at radius 3 is 2.62 bits per heavy atom. The highest BCUT2D eigenvalue weighted by molar-refractivity contribution is 7.99. The second kappa shape index (κ2) is 8.62.